The summed E-state index contributed by atoms with van der Waals surface area (Å²) in [7, 11) is 1.95. The molecule has 5 rings (SSSR count). The van der Waals surface area contributed by atoms with Gasteiger partial charge in [-0.05, 0) is 127 Å². The number of fused-ring (bicyclic) bond motifs is 7. The molecule has 0 radical (unpaired) electrons. The summed E-state index contributed by atoms with van der Waals surface area (Å²) in [5, 5.41) is 10.9. The van der Waals surface area contributed by atoms with Crippen LogP contribution in [0.25, 0.3) is 0 Å². The minimum atomic E-state index is -0.124. The van der Waals surface area contributed by atoms with E-state index in [2.05, 4.69) is 48.5 Å². The van der Waals surface area contributed by atoms with Gasteiger partial charge < -0.3 is 9.84 Å². The van der Waals surface area contributed by atoms with Gasteiger partial charge in [0.05, 0.1) is 12.7 Å². The van der Waals surface area contributed by atoms with Gasteiger partial charge in [0.25, 0.3) is 0 Å². The van der Waals surface area contributed by atoms with Crippen LogP contribution in [0, 0.1) is 62.6 Å². The Bertz CT molecular complexity index is 758. The van der Waals surface area contributed by atoms with Gasteiger partial charge in [0.2, 0.25) is 0 Å². The van der Waals surface area contributed by atoms with Crippen molar-refractivity contribution in [2.75, 3.05) is 13.7 Å². The van der Waals surface area contributed by atoms with E-state index < -0.39 is 0 Å². The van der Waals surface area contributed by atoms with Crippen LogP contribution in [0.15, 0.2) is 0 Å². The van der Waals surface area contributed by atoms with Crippen LogP contribution in [0.5, 0.6) is 0 Å². The Morgan fingerprint density at radius 2 is 1.52 bits per heavy atom. The molecule has 5 aliphatic carbocycles. The van der Waals surface area contributed by atoms with Crippen LogP contribution >= 0.6 is 0 Å². The first kappa shape index (κ1) is 24.6. The second-order valence-electron chi connectivity index (χ2n) is 15.3. The van der Waals surface area contributed by atoms with Crippen molar-refractivity contribution in [2.24, 2.45) is 62.6 Å². The van der Waals surface area contributed by atoms with E-state index in [1.807, 2.05) is 7.11 Å². The summed E-state index contributed by atoms with van der Waals surface area (Å²) in [5.74, 6) is 4.85. The Balaban J connectivity index is 1.54. The van der Waals surface area contributed by atoms with Gasteiger partial charge in [-0.1, -0.05) is 48.5 Å². The van der Waals surface area contributed by atoms with Gasteiger partial charge in [-0.2, -0.15) is 0 Å². The molecule has 5 fully saturated rings. The highest BCUT2D eigenvalue weighted by atomic mass is 16.5. The Hall–Kier alpha value is -0.0800. The molecule has 5 saturated carbocycles. The third-order valence-electron chi connectivity index (χ3n) is 13.9. The van der Waals surface area contributed by atoms with Crippen molar-refractivity contribution >= 4 is 0 Å². The van der Waals surface area contributed by atoms with Gasteiger partial charge >= 0.3 is 0 Å². The third-order valence-corrected chi connectivity index (χ3v) is 13.9. The first-order valence-electron chi connectivity index (χ1n) is 14.5. The van der Waals surface area contributed by atoms with Gasteiger partial charge in [0, 0.05) is 7.11 Å². The lowest BCUT2D eigenvalue weighted by atomic mass is 9.32. The Morgan fingerprint density at radius 3 is 2.18 bits per heavy atom. The predicted molar refractivity (Wildman–Crippen MR) is 137 cm³/mol. The average molecular weight is 459 g/mol. The van der Waals surface area contributed by atoms with Crippen molar-refractivity contribution in [1.29, 1.82) is 0 Å². The predicted octanol–water partition coefficient (Wildman–Crippen LogP) is 7.73. The highest BCUT2D eigenvalue weighted by molar-refractivity contribution is 5.19. The lowest BCUT2D eigenvalue weighted by Gasteiger charge is -2.73. The summed E-state index contributed by atoms with van der Waals surface area (Å²) in [6.45, 7) is 18.9. The van der Waals surface area contributed by atoms with E-state index in [0.29, 0.717) is 27.6 Å². The van der Waals surface area contributed by atoms with Crippen molar-refractivity contribution in [3.63, 3.8) is 0 Å². The second-order valence-corrected chi connectivity index (χ2v) is 15.3. The van der Waals surface area contributed by atoms with Crippen LogP contribution in [0.1, 0.15) is 113 Å². The van der Waals surface area contributed by atoms with Crippen molar-refractivity contribution in [3.8, 4) is 0 Å². The molecule has 1 N–H and O–H groups in total. The minimum absolute atomic E-state index is 0.0560. The number of rotatable bonds is 3. The smallest absolute Gasteiger partial charge is 0.0594 e. The number of hydrogen-bond acceptors (Lipinski definition) is 2. The SMILES string of the molecule is COC[C@]12CC[C@@H](C(C)C)[C@@H]1[C@H]1CC[C@@H]3[C@@]4(C)CC[C@H](O)C(C)(C)[C@@H]4CC[C@@]3(C)[C@]1(C)CC2. The zero-order chi connectivity index (χ0) is 24.0. The van der Waals surface area contributed by atoms with E-state index in [1.54, 1.807) is 0 Å². The minimum Gasteiger partial charge on any atom is -0.393 e. The van der Waals surface area contributed by atoms with Crippen LogP contribution in [0.2, 0.25) is 0 Å². The molecule has 0 unspecified atom stereocenters. The molecular weight excluding hydrogens is 404 g/mol. The summed E-state index contributed by atoms with van der Waals surface area (Å²) in [6, 6.07) is 0. The summed E-state index contributed by atoms with van der Waals surface area (Å²) in [4.78, 5) is 0. The number of aliphatic hydroxyl groups is 1. The molecule has 2 nitrogen and oxygen atoms in total. The summed E-state index contributed by atoms with van der Waals surface area (Å²) < 4.78 is 5.95. The zero-order valence-electron chi connectivity index (χ0n) is 23.2. The average Bonchev–Trinajstić information content (AvgIpc) is 3.12. The molecule has 0 saturated heterocycles. The standard InChI is InChI=1S/C31H54O2/c1-20(2)21-11-16-31(19-33-8)18-17-29(6)22(26(21)31)9-10-24-28(5)14-13-25(32)27(3,4)23(28)12-15-30(24,29)7/h20-26,32H,9-19H2,1-8H3/t21-,22+,23-,24+,25-,26+,28-,29+,30+,31+/m0/s1. The Labute approximate surface area is 205 Å². The molecule has 5 aliphatic rings. The second kappa shape index (κ2) is 7.71. The Kier molecular flexibility index (Phi) is 5.75. The first-order valence-corrected chi connectivity index (χ1v) is 14.5. The zero-order valence-corrected chi connectivity index (χ0v) is 23.2. The molecule has 0 spiro atoms. The van der Waals surface area contributed by atoms with E-state index in [1.165, 1.54) is 57.8 Å². The monoisotopic (exact) mass is 458 g/mol. The van der Waals surface area contributed by atoms with Gasteiger partial charge in [0.1, 0.15) is 0 Å². The van der Waals surface area contributed by atoms with Crippen molar-refractivity contribution in [1.82, 2.24) is 0 Å². The lowest BCUT2D eigenvalue weighted by molar-refractivity contribution is -0.251. The molecule has 33 heavy (non-hydrogen) atoms. The fourth-order valence-corrected chi connectivity index (χ4v) is 12.1. The van der Waals surface area contributed by atoms with Crippen LogP contribution < -0.4 is 0 Å². The Morgan fingerprint density at radius 1 is 0.788 bits per heavy atom. The highest BCUT2D eigenvalue weighted by Gasteiger charge is 2.70. The molecule has 10 atom stereocenters. The van der Waals surface area contributed by atoms with Crippen LogP contribution in [0.3, 0.4) is 0 Å². The highest BCUT2D eigenvalue weighted by Crippen LogP contribution is 2.77. The van der Waals surface area contributed by atoms with Crippen LogP contribution in [-0.2, 0) is 4.74 Å². The molecule has 0 aromatic rings. The van der Waals surface area contributed by atoms with Crippen molar-refractivity contribution < 1.29 is 9.84 Å². The van der Waals surface area contributed by atoms with Crippen molar-refractivity contribution in [3.05, 3.63) is 0 Å². The molecule has 0 aliphatic heterocycles. The number of ether oxygens (including phenoxy) is 1. The van der Waals surface area contributed by atoms with E-state index >= 15 is 0 Å². The number of hydrogen-bond donors (Lipinski definition) is 1. The van der Waals surface area contributed by atoms with Gasteiger partial charge in [-0.3, -0.25) is 0 Å². The molecule has 0 aromatic heterocycles. The molecule has 0 amide bonds. The maximum absolute atomic E-state index is 10.9. The summed E-state index contributed by atoms with van der Waals surface area (Å²) >= 11 is 0. The fourth-order valence-electron chi connectivity index (χ4n) is 12.1. The largest absolute Gasteiger partial charge is 0.393 e. The van der Waals surface area contributed by atoms with Gasteiger partial charge in [-0.25, -0.2) is 0 Å². The molecular formula is C31H54O2. The molecule has 0 heterocycles. The number of aliphatic hydroxyl groups excluding tert-OH is 1. The van der Waals surface area contributed by atoms with Crippen LogP contribution in [-0.4, -0.2) is 24.9 Å². The van der Waals surface area contributed by atoms with Gasteiger partial charge in [0.15, 0.2) is 0 Å². The maximum atomic E-state index is 10.9. The summed E-state index contributed by atoms with van der Waals surface area (Å²) in [6.07, 6.45) is 13.3. The maximum Gasteiger partial charge on any atom is 0.0594 e. The normalized spacial score (nSPS) is 55.5. The molecule has 2 heteroatoms. The number of methoxy groups -OCH3 is 1. The molecule has 190 valence electrons. The van der Waals surface area contributed by atoms with E-state index in [-0.39, 0.29) is 11.5 Å². The quantitative estimate of drug-likeness (QED) is 0.469. The first-order chi connectivity index (χ1) is 15.4. The van der Waals surface area contributed by atoms with E-state index in [9.17, 15) is 5.11 Å². The van der Waals surface area contributed by atoms with Crippen LogP contribution in [0.4, 0.5) is 0 Å². The topological polar surface area (TPSA) is 29.5 Å². The van der Waals surface area contributed by atoms with Crippen molar-refractivity contribution in [2.45, 2.75) is 119 Å². The van der Waals surface area contributed by atoms with E-state index in [4.69, 9.17) is 4.74 Å². The third kappa shape index (κ3) is 3.04. The molecule has 0 bridgehead atoms. The molecule has 0 aromatic carbocycles. The summed E-state index contributed by atoms with van der Waals surface area (Å²) in [5.41, 5.74) is 1.76. The lowest BCUT2D eigenvalue weighted by Crippen LogP contribution is -2.66. The fraction of sp³-hybridized carbons (Fsp3) is 1.00. The van der Waals surface area contributed by atoms with Gasteiger partial charge in [-0.15, -0.1) is 0 Å². The van der Waals surface area contributed by atoms with E-state index in [0.717, 1.165) is 42.6 Å².